The van der Waals surface area contributed by atoms with Crippen molar-refractivity contribution >= 4 is 11.7 Å². The Labute approximate surface area is 95.2 Å². The van der Waals surface area contributed by atoms with Gasteiger partial charge in [0, 0.05) is 26.4 Å². The van der Waals surface area contributed by atoms with Gasteiger partial charge in [0.05, 0.1) is 12.2 Å². The molecule has 0 saturated carbocycles. The summed E-state index contributed by atoms with van der Waals surface area (Å²) in [5, 5.41) is 0. The molecule has 0 aromatic carbocycles. The van der Waals surface area contributed by atoms with Crippen LogP contribution in [0.25, 0.3) is 0 Å². The Morgan fingerprint density at radius 1 is 1.62 bits per heavy atom. The fraction of sp³-hybridized carbons (Fsp3) is 0.455. The van der Waals surface area contributed by atoms with Gasteiger partial charge in [0.25, 0.3) is 5.91 Å². The first-order valence-electron chi connectivity index (χ1n) is 5.19. The number of carbonyl (C=O) groups is 1. The number of likely N-dealkylation sites (N-methyl/N-ethyl adjacent to an activating group) is 1. The monoisotopic (exact) mass is 223 g/mol. The van der Waals surface area contributed by atoms with E-state index in [-0.39, 0.29) is 11.7 Å². The third-order valence-electron chi connectivity index (χ3n) is 2.30. The van der Waals surface area contributed by atoms with E-state index in [4.69, 9.17) is 10.5 Å². The number of ether oxygens (including phenoxy) is 1. The number of nitrogens with two attached hydrogens (primary N) is 1. The van der Waals surface area contributed by atoms with Crippen molar-refractivity contribution in [3.05, 3.63) is 23.9 Å². The minimum absolute atomic E-state index is 0.106. The van der Waals surface area contributed by atoms with E-state index in [0.717, 1.165) is 0 Å². The van der Waals surface area contributed by atoms with Gasteiger partial charge in [0.2, 0.25) is 0 Å². The smallest absolute Gasteiger partial charge is 0.257 e. The highest BCUT2D eigenvalue weighted by atomic mass is 16.5. The minimum atomic E-state index is -0.106. The van der Waals surface area contributed by atoms with Crippen molar-refractivity contribution in [3.8, 4) is 0 Å². The minimum Gasteiger partial charge on any atom is -0.383 e. The molecule has 0 aliphatic carbocycles. The molecule has 0 spiro atoms. The zero-order chi connectivity index (χ0) is 12.0. The number of nitrogens with zero attached hydrogens (tertiary/aromatic N) is 2. The number of amides is 1. The van der Waals surface area contributed by atoms with Crippen molar-refractivity contribution in [2.24, 2.45) is 0 Å². The molecule has 1 rings (SSSR count). The summed E-state index contributed by atoms with van der Waals surface area (Å²) in [6.07, 6.45) is 1.57. The van der Waals surface area contributed by atoms with Gasteiger partial charge in [-0.25, -0.2) is 4.98 Å². The van der Waals surface area contributed by atoms with Crippen LogP contribution in [-0.4, -0.2) is 42.6 Å². The second-order valence-electron chi connectivity index (χ2n) is 3.31. The Balaban J connectivity index is 2.79. The molecule has 0 saturated heterocycles. The van der Waals surface area contributed by atoms with E-state index in [9.17, 15) is 4.79 Å². The number of methoxy groups -OCH3 is 1. The number of nitrogen functional groups attached to an aromatic ring is 1. The van der Waals surface area contributed by atoms with Crippen molar-refractivity contribution in [2.45, 2.75) is 6.92 Å². The first-order chi connectivity index (χ1) is 7.70. The van der Waals surface area contributed by atoms with Crippen molar-refractivity contribution in [3.63, 3.8) is 0 Å². The molecule has 0 bridgehead atoms. The highest BCUT2D eigenvalue weighted by molar-refractivity contribution is 5.98. The summed E-state index contributed by atoms with van der Waals surface area (Å²) in [4.78, 5) is 17.6. The summed E-state index contributed by atoms with van der Waals surface area (Å²) in [6, 6.07) is 3.38. The lowest BCUT2D eigenvalue weighted by Gasteiger charge is -2.20. The number of rotatable bonds is 5. The molecular formula is C11H17N3O2. The van der Waals surface area contributed by atoms with E-state index >= 15 is 0 Å². The first-order valence-corrected chi connectivity index (χ1v) is 5.19. The maximum absolute atomic E-state index is 12.1. The third-order valence-corrected chi connectivity index (χ3v) is 2.30. The van der Waals surface area contributed by atoms with Gasteiger partial charge in [-0.15, -0.1) is 0 Å². The lowest BCUT2D eigenvalue weighted by molar-refractivity contribution is 0.0707. The van der Waals surface area contributed by atoms with Crippen LogP contribution in [0.5, 0.6) is 0 Å². The molecule has 1 heterocycles. The SMILES string of the molecule is CCN(CCOC)C(=O)c1cccnc1N. The summed E-state index contributed by atoms with van der Waals surface area (Å²) < 4.78 is 4.95. The van der Waals surface area contributed by atoms with Gasteiger partial charge < -0.3 is 15.4 Å². The van der Waals surface area contributed by atoms with E-state index < -0.39 is 0 Å². The molecule has 0 aliphatic heterocycles. The standard InChI is InChI=1S/C11H17N3O2/c1-3-14(7-8-16-2)11(15)9-5-4-6-13-10(9)12/h4-6H,3,7-8H2,1-2H3,(H2,12,13). The Morgan fingerprint density at radius 2 is 2.38 bits per heavy atom. The quantitative estimate of drug-likeness (QED) is 0.800. The van der Waals surface area contributed by atoms with E-state index in [0.29, 0.717) is 25.3 Å². The lowest BCUT2D eigenvalue weighted by atomic mass is 10.2. The Bertz CT molecular complexity index is 355. The average Bonchev–Trinajstić information content (AvgIpc) is 2.30. The lowest BCUT2D eigenvalue weighted by Crippen LogP contribution is -2.34. The summed E-state index contributed by atoms with van der Waals surface area (Å²) in [5.74, 6) is 0.161. The van der Waals surface area contributed by atoms with Crippen LogP contribution in [0.4, 0.5) is 5.82 Å². The van der Waals surface area contributed by atoms with Crippen LogP contribution in [0.2, 0.25) is 0 Å². The number of hydrogen-bond acceptors (Lipinski definition) is 4. The van der Waals surface area contributed by atoms with E-state index in [2.05, 4.69) is 4.98 Å². The molecule has 88 valence electrons. The molecule has 1 aromatic heterocycles. The van der Waals surface area contributed by atoms with Crippen LogP contribution in [-0.2, 0) is 4.74 Å². The van der Waals surface area contributed by atoms with Crippen molar-refractivity contribution in [2.75, 3.05) is 32.5 Å². The summed E-state index contributed by atoms with van der Waals surface area (Å²) in [6.45, 7) is 3.61. The predicted octanol–water partition coefficient (Wildman–Crippen LogP) is 0.772. The number of carbonyl (C=O) groups excluding carboxylic acids is 1. The highest BCUT2D eigenvalue weighted by Gasteiger charge is 2.16. The fourth-order valence-electron chi connectivity index (χ4n) is 1.37. The zero-order valence-corrected chi connectivity index (χ0v) is 9.64. The van der Waals surface area contributed by atoms with Gasteiger partial charge in [-0.1, -0.05) is 0 Å². The van der Waals surface area contributed by atoms with Crippen LogP contribution in [0.15, 0.2) is 18.3 Å². The van der Waals surface area contributed by atoms with Crippen LogP contribution >= 0.6 is 0 Å². The molecule has 0 atom stereocenters. The predicted molar refractivity (Wildman–Crippen MR) is 62.1 cm³/mol. The van der Waals surface area contributed by atoms with E-state index in [1.54, 1.807) is 30.3 Å². The van der Waals surface area contributed by atoms with Gasteiger partial charge in [-0.05, 0) is 19.1 Å². The molecule has 0 fully saturated rings. The Morgan fingerprint density at radius 3 is 2.94 bits per heavy atom. The van der Waals surface area contributed by atoms with Crippen molar-refractivity contribution < 1.29 is 9.53 Å². The normalized spacial score (nSPS) is 10.1. The summed E-state index contributed by atoms with van der Waals surface area (Å²) >= 11 is 0. The summed E-state index contributed by atoms with van der Waals surface area (Å²) in [5.41, 5.74) is 6.10. The molecule has 1 aromatic rings. The molecule has 16 heavy (non-hydrogen) atoms. The highest BCUT2D eigenvalue weighted by Crippen LogP contribution is 2.10. The van der Waals surface area contributed by atoms with E-state index in [1.165, 1.54) is 0 Å². The maximum atomic E-state index is 12.1. The van der Waals surface area contributed by atoms with Crippen LogP contribution < -0.4 is 5.73 Å². The maximum Gasteiger partial charge on any atom is 0.257 e. The number of pyridine rings is 1. The Kier molecular flexibility index (Phi) is 4.72. The fourth-order valence-corrected chi connectivity index (χ4v) is 1.37. The molecule has 5 nitrogen and oxygen atoms in total. The van der Waals surface area contributed by atoms with Crippen LogP contribution in [0, 0.1) is 0 Å². The van der Waals surface area contributed by atoms with Gasteiger partial charge in [0.15, 0.2) is 0 Å². The van der Waals surface area contributed by atoms with Crippen molar-refractivity contribution in [1.82, 2.24) is 9.88 Å². The van der Waals surface area contributed by atoms with Gasteiger partial charge >= 0.3 is 0 Å². The third kappa shape index (κ3) is 2.93. The first kappa shape index (κ1) is 12.4. The second kappa shape index (κ2) is 6.07. The molecule has 0 unspecified atom stereocenters. The molecule has 0 radical (unpaired) electrons. The number of aromatic nitrogens is 1. The zero-order valence-electron chi connectivity index (χ0n) is 9.64. The molecular weight excluding hydrogens is 206 g/mol. The number of anilines is 1. The largest absolute Gasteiger partial charge is 0.383 e. The summed E-state index contributed by atoms with van der Waals surface area (Å²) in [7, 11) is 1.61. The van der Waals surface area contributed by atoms with Gasteiger partial charge in [-0.3, -0.25) is 4.79 Å². The van der Waals surface area contributed by atoms with Gasteiger partial charge in [-0.2, -0.15) is 0 Å². The van der Waals surface area contributed by atoms with E-state index in [1.807, 2.05) is 6.92 Å². The molecule has 2 N–H and O–H groups in total. The molecule has 0 aliphatic rings. The average molecular weight is 223 g/mol. The topological polar surface area (TPSA) is 68.5 Å². The molecule has 1 amide bonds. The van der Waals surface area contributed by atoms with Crippen LogP contribution in [0.3, 0.4) is 0 Å². The van der Waals surface area contributed by atoms with Crippen molar-refractivity contribution in [1.29, 1.82) is 0 Å². The Hall–Kier alpha value is -1.62. The second-order valence-corrected chi connectivity index (χ2v) is 3.31. The number of hydrogen-bond donors (Lipinski definition) is 1. The van der Waals surface area contributed by atoms with Crippen LogP contribution in [0.1, 0.15) is 17.3 Å². The molecule has 5 heteroatoms. The van der Waals surface area contributed by atoms with Gasteiger partial charge in [0.1, 0.15) is 5.82 Å².